The smallest absolute Gasteiger partial charge is 0.303 e. The number of nitrogens with zero attached hydrogens (tertiary/aromatic N) is 5. The number of carbonyl (C=O) groups excluding carboxylic acids is 1. The van der Waals surface area contributed by atoms with E-state index in [1.807, 2.05) is 6.07 Å². The number of rotatable bonds is 6. The molecule has 0 amide bonds. The summed E-state index contributed by atoms with van der Waals surface area (Å²) in [7, 11) is 0. The Morgan fingerprint density at radius 1 is 1.16 bits per heavy atom. The van der Waals surface area contributed by atoms with Crippen LogP contribution in [0.3, 0.4) is 0 Å². The molecule has 0 aliphatic carbocycles. The average molecular weight is 434 g/mol. The molecule has 0 spiro atoms. The Balaban J connectivity index is 1.41. The lowest BCUT2D eigenvalue weighted by Crippen LogP contribution is -2.38. The second-order valence-corrected chi connectivity index (χ2v) is 7.89. The van der Waals surface area contributed by atoms with Gasteiger partial charge in [-0.15, -0.1) is 0 Å². The molecule has 0 N–H and O–H groups in total. The fraction of sp³-hybridized carbons (Fsp3) is 0.455. The molecule has 0 aromatic carbocycles. The number of pyridine rings is 2. The summed E-state index contributed by atoms with van der Waals surface area (Å²) >= 11 is 0. The molecular formula is C22H24F3N5O. The molecule has 1 aliphatic rings. The van der Waals surface area contributed by atoms with Crippen molar-refractivity contribution in [2.75, 3.05) is 19.6 Å². The fourth-order valence-electron chi connectivity index (χ4n) is 3.89. The zero-order valence-corrected chi connectivity index (χ0v) is 16.8. The van der Waals surface area contributed by atoms with Crippen LogP contribution in [0.25, 0.3) is 22.0 Å². The van der Waals surface area contributed by atoms with Gasteiger partial charge < -0.3 is 4.90 Å². The van der Waals surface area contributed by atoms with Crippen molar-refractivity contribution in [3.05, 3.63) is 42.6 Å². The fourth-order valence-corrected chi connectivity index (χ4v) is 3.89. The second-order valence-electron chi connectivity index (χ2n) is 7.89. The summed E-state index contributed by atoms with van der Waals surface area (Å²) < 4.78 is 60.5. The van der Waals surface area contributed by atoms with E-state index in [0.29, 0.717) is 48.3 Å². The third-order valence-electron chi connectivity index (χ3n) is 5.65. The third kappa shape index (κ3) is 5.46. The molecule has 0 saturated carbocycles. The summed E-state index contributed by atoms with van der Waals surface area (Å²) in [6, 6.07) is 3.63. The minimum absolute atomic E-state index is 0.0305. The molecule has 0 radical (unpaired) electrons. The Hall–Kier alpha value is -2.81. The zero-order valence-electron chi connectivity index (χ0n) is 19.8. The topological polar surface area (TPSA) is 63.9 Å². The van der Waals surface area contributed by atoms with Crippen LogP contribution in [0.5, 0.6) is 0 Å². The predicted octanol–water partition coefficient (Wildman–Crippen LogP) is 3.81. The highest BCUT2D eigenvalue weighted by atomic mass is 19.4. The van der Waals surface area contributed by atoms with Crippen LogP contribution in [-0.4, -0.2) is 56.2 Å². The first kappa shape index (κ1) is 17.8. The van der Waals surface area contributed by atoms with E-state index in [0.717, 1.165) is 10.1 Å². The van der Waals surface area contributed by atoms with E-state index in [-0.39, 0.29) is 24.7 Å². The summed E-state index contributed by atoms with van der Waals surface area (Å²) in [6.45, 7) is -1.44. The van der Waals surface area contributed by atoms with Gasteiger partial charge in [0.1, 0.15) is 5.78 Å². The molecule has 1 fully saturated rings. The normalized spacial score (nSPS) is 18.0. The number of aryl methyl sites for hydroxylation is 1. The van der Waals surface area contributed by atoms with Gasteiger partial charge >= 0.3 is 6.18 Å². The number of ketones is 1. The number of Topliss-reactive ketones (excluding diaryl/α,β-unsaturated/α-hetero) is 1. The summed E-state index contributed by atoms with van der Waals surface area (Å²) in [5.74, 6) is -0.153. The number of alkyl halides is 3. The maximum Gasteiger partial charge on any atom is 0.390 e. The predicted molar refractivity (Wildman–Crippen MR) is 110 cm³/mol. The standard InChI is InChI=1S/C22H24F3N5O/c1-29-14-18(12-28-29)17-8-16-9-19(26-13-20(16)27-11-17)10-21(31)15-2-5-30(6-3-15)7-4-22(23,24)25/h8-9,11-15H,2-7,10H2,1H3/i1D3. The molecular weight excluding hydrogens is 407 g/mol. The number of piperidine rings is 1. The van der Waals surface area contributed by atoms with Crippen molar-refractivity contribution >= 4 is 16.7 Å². The number of carbonyl (C=O) groups is 1. The molecule has 9 heteroatoms. The molecule has 0 unspecified atom stereocenters. The van der Waals surface area contributed by atoms with Crippen molar-refractivity contribution in [1.82, 2.24) is 24.6 Å². The van der Waals surface area contributed by atoms with E-state index in [1.54, 1.807) is 23.4 Å². The Labute approximate surface area is 182 Å². The number of likely N-dealkylation sites (tertiary alicyclic amines) is 1. The highest BCUT2D eigenvalue weighted by Gasteiger charge is 2.30. The van der Waals surface area contributed by atoms with Gasteiger partial charge in [-0.2, -0.15) is 18.3 Å². The highest BCUT2D eigenvalue weighted by Crippen LogP contribution is 2.25. The van der Waals surface area contributed by atoms with E-state index in [1.165, 1.54) is 12.4 Å². The average Bonchev–Trinajstić information content (AvgIpc) is 3.28. The van der Waals surface area contributed by atoms with Gasteiger partial charge in [-0.05, 0) is 38.1 Å². The number of aromatic nitrogens is 4. The number of hydrogen-bond acceptors (Lipinski definition) is 5. The summed E-state index contributed by atoms with van der Waals surface area (Å²) in [6.07, 6.45) is 2.33. The lowest BCUT2D eigenvalue weighted by Gasteiger charge is -2.31. The molecule has 3 aromatic rings. The van der Waals surface area contributed by atoms with Crippen LogP contribution in [-0.2, 0) is 18.2 Å². The molecule has 0 atom stereocenters. The quantitative estimate of drug-likeness (QED) is 0.591. The van der Waals surface area contributed by atoms with Gasteiger partial charge in [0.2, 0.25) is 0 Å². The van der Waals surface area contributed by atoms with Crippen LogP contribution in [0.1, 0.15) is 29.1 Å². The van der Waals surface area contributed by atoms with E-state index in [2.05, 4.69) is 15.1 Å². The third-order valence-corrected chi connectivity index (χ3v) is 5.65. The highest BCUT2D eigenvalue weighted by molar-refractivity contribution is 5.86. The SMILES string of the molecule is [2H]C([2H])([2H])n1cc(-c2cnc3cnc(CC(=O)C4CCN(CCC(F)(F)F)CC4)cc3c2)cn1. The first-order valence-electron chi connectivity index (χ1n) is 11.6. The summed E-state index contributed by atoms with van der Waals surface area (Å²) in [4.78, 5) is 23.3. The van der Waals surface area contributed by atoms with Gasteiger partial charge in [0.05, 0.1) is 24.3 Å². The van der Waals surface area contributed by atoms with Crippen LogP contribution >= 0.6 is 0 Å². The molecule has 1 aliphatic heterocycles. The monoisotopic (exact) mass is 434 g/mol. The van der Waals surface area contributed by atoms with E-state index >= 15 is 0 Å². The molecule has 0 bridgehead atoms. The molecule has 4 heterocycles. The van der Waals surface area contributed by atoms with Gasteiger partial charge in [-0.25, -0.2) is 0 Å². The van der Waals surface area contributed by atoms with E-state index < -0.39 is 19.6 Å². The molecule has 6 nitrogen and oxygen atoms in total. The largest absolute Gasteiger partial charge is 0.390 e. The summed E-state index contributed by atoms with van der Waals surface area (Å²) in [5, 5.41) is 4.65. The van der Waals surface area contributed by atoms with Gasteiger partial charge in [-0.1, -0.05) is 0 Å². The van der Waals surface area contributed by atoms with Gasteiger partial charge in [0.25, 0.3) is 0 Å². The lowest BCUT2D eigenvalue weighted by molar-refractivity contribution is -0.139. The lowest BCUT2D eigenvalue weighted by atomic mass is 9.90. The van der Waals surface area contributed by atoms with Crippen LogP contribution in [0.15, 0.2) is 36.9 Å². The van der Waals surface area contributed by atoms with Crippen LogP contribution in [0.4, 0.5) is 13.2 Å². The molecule has 4 rings (SSSR count). The first-order valence-corrected chi connectivity index (χ1v) is 10.1. The molecule has 164 valence electrons. The van der Waals surface area contributed by atoms with Crippen molar-refractivity contribution in [2.24, 2.45) is 12.9 Å². The number of fused-ring (bicyclic) bond motifs is 1. The van der Waals surface area contributed by atoms with Crippen LogP contribution in [0.2, 0.25) is 0 Å². The summed E-state index contributed by atoms with van der Waals surface area (Å²) in [5.41, 5.74) is 2.53. The molecule has 3 aromatic heterocycles. The van der Waals surface area contributed by atoms with E-state index in [4.69, 9.17) is 4.11 Å². The first-order chi connectivity index (χ1) is 16.0. The van der Waals surface area contributed by atoms with E-state index in [9.17, 15) is 18.0 Å². The van der Waals surface area contributed by atoms with Gasteiger partial charge in [0.15, 0.2) is 0 Å². The number of halogens is 3. The second kappa shape index (κ2) is 8.74. The van der Waals surface area contributed by atoms with Crippen molar-refractivity contribution in [1.29, 1.82) is 0 Å². The zero-order chi connectivity index (χ0) is 24.5. The maximum atomic E-state index is 12.8. The Morgan fingerprint density at radius 2 is 1.97 bits per heavy atom. The Kier molecular flexibility index (Phi) is 5.03. The van der Waals surface area contributed by atoms with Crippen molar-refractivity contribution < 1.29 is 22.1 Å². The molecule has 31 heavy (non-hydrogen) atoms. The van der Waals surface area contributed by atoms with Crippen LogP contribution in [0, 0.1) is 5.92 Å². The number of hydrogen-bond donors (Lipinski definition) is 0. The molecule has 1 saturated heterocycles. The Bertz CT molecular complexity index is 1170. The van der Waals surface area contributed by atoms with Crippen molar-refractivity contribution in [2.45, 2.75) is 31.9 Å². The minimum Gasteiger partial charge on any atom is -0.303 e. The Morgan fingerprint density at radius 3 is 2.68 bits per heavy atom. The van der Waals surface area contributed by atoms with Gasteiger partial charge in [-0.3, -0.25) is 19.4 Å². The van der Waals surface area contributed by atoms with Gasteiger partial charge in [0, 0.05) is 64.6 Å². The maximum absolute atomic E-state index is 12.8. The van der Waals surface area contributed by atoms with Crippen molar-refractivity contribution in [3.63, 3.8) is 0 Å². The minimum atomic E-state index is -4.17. The van der Waals surface area contributed by atoms with Crippen molar-refractivity contribution in [3.8, 4) is 11.1 Å². The van der Waals surface area contributed by atoms with Crippen LogP contribution < -0.4 is 0 Å².